The van der Waals surface area contributed by atoms with E-state index in [-0.39, 0.29) is 24.5 Å². The van der Waals surface area contributed by atoms with Crippen LogP contribution in [-0.2, 0) is 4.79 Å². The molecule has 0 aliphatic rings. The zero-order valence-electron chi connectivity index (χ0n) is 10.8. The van der Waals surface area contributed by atoms with Gasteiger partial charge in [-0.05, 0) is 18.4 Å². The SMILES string of the molecule is CC(C(=O)NCCCCO)C(N)c1ccccc1. The molecule has 0 spiro atoms. The third-order valence-electron chi connectivity index (χ3n) is 3.02. The topological polar surface area (TPSA) is 75.3 Å². The maximum atomic E-state index is 11.9. The van der Waals surface area contributed by atoms with Crippen LogP contribution in [0.1, 0.15) is 31.4 Å². The van der Waals surface area contributed by atoms with E-state index in [0.29, 0.717) is 13.0 Å². The zero-order valence-corrected chi connectivity index (χ0v) is 10.8. The number of carbonyl (C=O) groups is 1. The minimum Gasteiger partial charge on any atom is -0.396 e. The van der Waals surface area contributed by atoms with E-state index in [2.05, 4.69) is 5.32 Å². The van der Waals surface area contributed by atoms with Gasteiger partial charge in [0.05, 0.1) is 5.92 Å². The summed E-state index contributed by atoms with van der Waals surface area (Å²) in [5.41, 5.74) is 7.04. The summed E-state index contributed by atoms with van der Waals surface area (Å²) >= 11 is 0. The minimum absolute atomic E-state index is 0.0377. The molecule has 2 unspecified atom stereocenters. The highest BCUT2D eigenvalue weighted by atomic mass is 16.2. The molecule has 1 aromatic rings. The Labute approximate surface area is 108 Å². The first-order valence-corrected chi connectivity index (χ1v) is 6.36. The number of nitrogens with one attached hydrogen (secondary N) is 1. The monoisotopic (exact) mass is 250 g/mol. The Morgan fingerprint density at radius 3 is 2.61 bits per heavy atom. The molecule has 1 aromatic carbocycles. The second kappa shape index (κ2) is 7.84. The second-order valence-corrected chi connectivity index (χ2v) is 4.45. The fraction of sp³-hybridized carbons (Fsp3) is 0.500. The average molecular weight is 250 g/mol. The first kappa shape index (κ1) is 14.7. The summed E-state index contributed by atoms with van der Waals surface area (Å²) in [5.74, 6) is -0.300. The molecule has 0 fully saturated rings. The molecule has 1 rings (SSSR count). The first-order valence-electron chi connectivity index (χ1n) is 6.36. The van der Waals surface area contributed by atoms with Crippen LogP contribution < -0.4 is 11.1 Å². The number of benzene rings is 1. The van der Waals surface area contributed by atoms with Crippen molar-refractivity contribution in [2.45, 2.75) is 25.8 Å². The van der Waals surface area contributed by atoms with Crippen molar-refractivity contribution < 1.29 is 9.90 Å². The molecule has 0 aliphatic carbocycles. The summed E-state index contributed by atoms with van der Waals surface area (Å²) in [6, 6.07) is 9.34. The van der Waals surface area contributed by atoms with E-state index in [4.69, 9.17) is 10.8 Å². The molecule has 4 nitrogen and oxygen atoms in total. The molecule has 0 radical (unpaired) electrons. The standard InChI is InChI=1S/C14H22N2O2/c1-11(14(18)16-9-5-6-10-17)13(15)12-7-3-2-4-8-12/h2-4,7-8,11,13,17H,5-6,9-10,15H2,1H3,(H,16,18). The molecule has 0 saturated carbocycles. The van der Waals surface area contributed by atoms with Gasteiger partial charge in [0.25, 0.3) is 0 Å². The van der Waals surface area contributed by atoms with E-state index in [1.54, 1.807) is 0 Å². The van der Waals surface area contributed by atoms with Crippen LogP contribution in [0, 0.1) is 5.92 Å². The summed E-state index contributed by atoms with van der Waals surface area (Å²) in [6.07, 6.45) is 1.49. The van der Waals surface area contributed by atoms with Crippen molar-refractivity contribution >= 4 is 5.91 Å². The molecule has 0 aromatic heterocycles. The van der Waals surface area contributed by atoms with Gasteiger partial charge in [-0.3, -0.25) is 4.79 Å². The molecule has 2 atom stereocenters. The van der Waals surface area contributed by atoms with Gasteiger partial charge >= 0.3 is 0 Å². The van der Waals surface area contributed by atoms with Crippen LogP contribution in [0.25, 0.3) is 0 Å². The molecule has 4 N–H and O–H groups in total. The summed E-state index contributed by atoms with van der Waals surface area (Å²) in [7, 11) is 0. The largest absolute Gasteiger partial charge is 0.396 e. The van der Waals surface area contributed by atoms with E-state index in [0.717, 1.165) is 12.0 Å². The number of nitrogens with two attached hydrogens (primary N) is 1. The normalized spacial score (nSPS) is 13.9. The van der Waals surface area contributed by atoms with Crippen LogP contribution in [0.2, 0.25) is 0 Å². The molecule has 18 heavy (non-hydrogen) atoms. The van der Waals surface area contributed by atoms with E-state index >= 15 is 0 Å². The first-order chi connectivity index (χ1) is 8.66. The fourth-order valence-electron chi connectivity index (χ4n) is 1.74. The number of aliphatic hydroxyl groups excluding tert-OH is 1. The molecule has 0 bridgehead atoms. The molecule has 0 saturated heterocycles. The predicted molar refractivity (Wildman–Crippen MR) is 71.9 cm³/mol. The van der Waals surface area contributed by atoms with Crippen molar-refractivity contribution in [3.63, 3.8) is 0 Å². The van der Waals surface area contributed by atoms with Gasteiger partial charge in [-0.25, -0.2) is 0 Å². The van der Waals surface area contributed by atoms with E-state index < -0.39 is 0 Å². The van der Waals surface area contributed by atoms with Crippen LogP contribution in [0.4, 0.5) is 0 Å². The van der Waals surface area contributed by atoms with Gasteiger partial charge in [0, 0.05) is 19.2 Å². The highest BCUT2D eigenvalue weighted by Crippen LogP contribution is 2.18. The minimum atomic E-state index is -0.288. The molecule has 0 aliphatic heterocycles. The zero-order chi connectivity index (χ0) is 13.4. The molecule has 0 heterocycles. The molecule has 100 valence electrons. The second-order valence-electron chi connectivity index (χ2n) is 4.45. The van der Waals surface area contributed by atoms with Crippen LogP contribution >= 0.6 is 0 Å². The van der Waals surface area contributed by atoms with Crippen LogP contribution in [0.3, 0.4) is 0 Å². The Kier molecular flexibility index (Phi) is 6.39. The number of rotatable bonds is 7. The Morgan fingerprint density at radius 2 is 2.00 bits per heavy atom. The Hall–Kier alpha value is -1.39. The number of carbonyl (C=O) groups excluding carboxylic acids is 1. The van der Waals surface area contributed by atoms with Crippen molar-refractivity contribution in [1.29, 1.82) is 0 Å². The number of hydrogen-bond donors (Lipinski definition) is 3. The Bertz CT molecular complexity index is 354. The maximum absolute atomic E-state index is 11.9. The van der Waals surface area contributed by atoms with Crippen molar-refractivity contribution in [2.24, 2.45) is 11.7 Å². The number of amides is 1. The summed E-state index contributed by atoms with van der Waals surface area (Å²) < 4.78 is 0. The van der Waals surface area contributed by atoms with E-state index in [9.17, 15) is 4.79 Å². The van der Waals surface area contributed by atoms with Gasteiger partial charge < -0.3 is 16.2 Å². The van der Waals surface area contributed by atoms with Crippen molar-refractivity contribution in [3.8, 4) is 0 Å². The lowest BCUT2D eigenvalue weighted by atomic mass is 9.94. The molecular weight excluding hydrogens is 228 g/mol. The quantitative estimate of drug-likeness (QED) is 0.637. The smallest absolute Gasteiger partial charge is 0.224 e. The summed E-state index contributed by atoms with van der Waals surface area (Å²) in [4.78, 5) is 11.9. The Morgan fingerprint density at radius 1 is 1.33 bits per heavy atom. The fourth-order valence-corrected chi connectivity index (χ4v) is 1.74. The van der Waals surface area contributed by atoms with Crippen molar-refractivity contribution in [2.75, 3.05) is 13.2 Å². The van der Waals surface area contributed by atoms with Gasteiger partial charge in [-0.2, -0.15) is 0 Å². The van der Waals surface area contributed by atoms with Crippen LogP contribution in [-0.4, -0.2) is 24.2 Å². The summed E-state index contributed by atoms with van der Waals surface area (Å²) in [6.45, 7) is 2.58. The molecule has 1 amide bonds. The lowest BCUT2D eigenvalue weighted by Gasteiger charge is -2.19. The van der Waals surface area contributed by atoms with Crippen molar-refractivity contribution in [1.82, 2.24) is 5.32 Å². The number of unbranched alkanes of at least 4 members (excludes halogenated alkanes) is 1. The van der Waals surface area contributed by atoms with Crippen molar-refractivity contribution in [3.05, 3.63) is 35.9 Å². The van der Waals surface area contributed by atoms with Crippen LogP contribution in [0.15, 0.2) is 30.3 Å². The predicted octanol–water partition coefficient (Wildman–Crippen LogP) is 1.21. The van der Waals surface area contributed by atoms with E-state index in [1.807, 2.05) is 37.3 Å². The highest BCUT2D eigenvalue weighted by Gasteiger charge is 2.21. The van der Waals surface area contributed by atoms with Gasteiger partial charge in [-0.15, -0.1) is 0 Å². The summed E-state index contributed by atoms with van der Waals surface area (Å²) in [5, 5.41) is 11.5. The Balaban J connectivity index is 2.43. The lowest BCUT2D eigenvalue weighted by molar-refractivity contribution is -0.125. The van der Waals surface area contributed by atoms with Gasteiger partial charge in [0.2, 0.25) is 5.91 Å². The van der Waals surface area contributed by atoms with Gasteiger partial charge in [0.15, 0.2) is 0 Å². The maximum Gasteiger partial charge on any atom is 0.224 e. The third kappa shape index (κ3) is 4.47. The van der Waals surface area contributed by atoms with Crippen LogP contribution in [0.5, 0.6) is 0 Å². The van der Waals surface area contributed by atoms with Gasteiger partial charge in [-0.1, -0.05) is 37.3 Å². The number of aliphatic hydroxyl groups is 1. The molecular formula is C14H22N2O2. The van der Waals surface area contributed by atoms with Gasteiger partial charge in [0.1, 0.15) is 0 Å². The highest BCUT2D eigenvalue weighted by molar-refractivity contribution is 5.79. The third-order valence-corrected chi connectivity index (χ3v) is 3.02. The molecule has 4 heteroatoms. The lowest BCUT2D eigenvalue weighted by Crippen LogP contribution is -2.36. The average Bonchev–Trinajstić information content (AvgIpc) is 2.42. The number of hydrogen-bond acceptors (Lipinski definition) is 3. The van der Waals surface area contributed by atoms with E-state index in [1.165, 1.54) is 0 Å².